The van der Waals surface area contributed by atoms with Crippen molar-refractivity contribution in [3.63, 3.8) is 0 Å². The molecule has 2 N–H and O–H groups in total. The van der Waals surface area contributed by atoms with E-state index in [4.69, 9.17) is 0 Å². The van der Waals surface area contributed by atoms with Crippen LogP contribution in [0.2, 0.25) is 0 Å². The zero-order chi connectivity index (χ0) is 12.9. The summed E-state index contributed by atoms with van der Waals surface area (Å²) in [6.07, 6.45) is 1.20. The highest BCUT2D eigenvalue weighted by atomic mass is 16.3. The van der Waals surface area contributed by atoms with E-state index in [1.807, 2.05) is 0 Å². The van der Waals surface area contributed by atoms with Crippen LogP contribution in [-0.2, 0) is 9.59 Å². The lowest BCUT2D eigenvalue weighted by molar-refractivity contribution is -0.130. The highest BCUT2D eigenvalue weighted by molar-refractivity contribution is 6.59. The third-order valence-corrected chi connectivity index (χ3v) is 3.01. The van der Waals surface area contributed by atoms with Crippen LogP contribution in [0, 0.1) is 0 Å². The minimum absolute atomic E-state index is 0.0625. The number of aromatic hydroxyl groups is 1. The minimum Gasteiger partial charge on any atom is -0.507 e. The molecule has 0 spiro atoms. The van der Waals surface area contributed by atoms with Gasteiger partial charge in [0.2, 0.25) is 5.78 Å². The first-order valence-corrected chi connectivity index (χ1v) is 5.33. The maximum Gasteiger partial charge on any atom is 0.267 e. The van der Waals surface area contributed by atoms with E-state index in [0.717, 1.165) is 5.39 Å². The summed E-state index contributed by atoms with van der Waals surface area (Å²) in [7, 11) is 0. The quantitative estimate of drug-likeness (QED) is 0.642. The van der Waals surface area contributed by atoms with Gasteiger partial charge in [-0.2, -0.15) is 0 Å². The molecule has 2 aromatic carbocycles. The van der Waals surface area contributed by atoms with Gasteiger partial charge in [-0.3, -0.25) is 9.59 Å². The molecule has 0 aromatic heterocycles. The van der Waals surface area contributed by atoms with Crippen molar-refractivity contribution in [3.8, 4) is 5.75 Å². The van der Waals surface area contributed by atoms with E-state index >= 15 is 0 Å². The van der Waals surface area contributed by atoms with Crippen molar-refractivity contribution in [2.24, 2.45) is 0 Å². The average Bonchev–Trinajstić information content (AvgIpc) is 2.35. The number of ketones is 2. The van der Waals surface area contributed by atoms with Gasteiger partial charge in [0, 0.05) is 10.6 Å². The van der Waals surface area contributed by atoms with Gasteiger partial charge in [0.05, 0.1) is 0 Å². The molecule has 0 heterocycles. The average molecular weight is 240 g/mol. The largest absolute Gasteiger partial charge is 0.507 e. The van der Waals surface area contributed by atoms with Gasteiger partial charge in [-0.05, 0) is 34.9 Å². The van der Waals surface area contributed by atoms with Crippen molar-refractivity contribution < 1.29 is 19.8 Å². The molecule has 4 heteroatoms. The van der Waals surface area contributed by atoms with Gasteiger partial charge in [0.15, 0.2) is 5.76 Å². The number of phenolic OH excluding ortho intramolecular Hbond substituents is 1. The molecule has 0 radical (unpaired) electrons. The van der Waals surface area contributed by atoms with Crippen LogP contribution in [0.25, 0.3) is 22.6 Å². The molecule has 3 rings (SSSR count). The van der Waals surface area contributed by atoms with Crippen LogP contribution in [-0.4, -0.2) is 21.8 Å². The fourth-order valence-electron chi connectivity index (χ4n) is 2.10. The summed E-state index contributed by atoms with van der Waals surface area (Å²) >= 11 is 0. The predicted molar refractivity (Wildman–Crippen MR) is 65.4 cm³/mol. The summed E-state index contributed by atoms with van der Waals surface area (Å²) in [5.74, 6) is -2.16. The molecule has 0 saturated heterocycles. The van der Waals surface area contributed by atoms with Crippen molar-refractivity contribution >= 4 is 34.2 Å². The topological polar surface area (TPSA) is 74.6 Å². The lowest BCUT2D eigenvalue weighted by Crippen LogP contribution is -2.37. The first kappa shape index (κ1) is 10.5. The molecule has 0 fully saturated rings. The van der Waals surface area contributed by atoms with Crippen LogP contribution in [0.5, 0.6) is 5.75 Å². The zero-order valence-corrected chi connectivity index (χ0v) is 9.18. The molecule has 88 valence electrons. The second-order valence-corrected chi connectivity index (χ2v) is 4.12. The van der Waals surface area contributed by atoms with E-state index in [0.29, 0.717) is 10.6 Å². The van der Waals surface area contributed by atoms with E-state index in [1.165, 1.54) is 18.2 Å². The van der Waals surface area contributed by atoms with Crippen LogP contribution in [0.15, 0.2) is 30.3 Å². The zero-order valence-electron chi connectivity index (χ0n) is 9.18. The maximum absolute atomic E-state index is 11.4. The van der Waals surface area contributed by atoms with Gasteiger partial charge in [-0.15, -0.1) is 0 Å². The number of hydrogen-bond donors (Lipinski definition) is 2. The number of phenols is 1. The van der Waals surface area contributed by atoms with Gasteiger partial charge in [0.25, 0.3) is 5.78 Å². The molecule has 0 atom stereocenters. The number of rotatable bonds is 0. The second kappa shape index (κ2) is 3.43. The number of Topliss-reactive ketones (excluding diaryl/α,β-unsaturated/α-hetero) is 2. The first-order valence-electron chi connectivity index (χ1n) is 5.33. The maximum atomic E-state index is 11.4. The Balaban J connectivity index is 2.57. The monoisotopic (exact) mass is 240 g/mol. The molecule has 0 saturated carbocycles. The third-order valence-electron chi connectivity index (χ3n) is 3.01. The van der Waals surface area contributed by atoms with E-state index in [9.17, 15) is 19.8 Å². The number of carbonyl (C=O) groups excluding carboxylic acids is 2. The third kappa shape index (κ3) is 1.32. The molecule has 0 bridgehead atoms. The van der Waals surface area contributed by atoms with E-state index in [1.54, 1.807) is 18.2 Å². The number of aliphatic hydroxyl groups is 1. The summed E-state index contributed by atoms with van der Waals surface area (Å²) in [5.41, 5.74) is 0. The Morgan fingerprint density at radius 1 is 1.00 bits per heavy atom. The highest BCUT2D eigenvalue weighted by Gasteiger charge is 2.21. The fraction of sp³-hybridized carbons (Fsp3) is 0. The van der Waals surface area contributed by atoms with Crippen molar-refractivity contribution in [2.45, 2.75) is 0 Å². The van der Waals surface area contributed by atoms with Crippen LogP contribution in [0.4, 0.5) is 0 Å². The molecule has 4 nitrogen and oxygen atoms in total. The van der Waals surface area contributed by atoms with Gasteiger partial charge in [-0.1, -0.05) is 12.1 Å². The molecule has 1 aliphatic carbocycles. The normalized spacial score (nSPS) is 14.6. The van der Waals surface area contributed by atoms with Gasteiger partial charge in [0.1, 0.15) is 5.75 Å². The summed E-state index contributed by atoms with van der Waals surface area (Å²) in [4.78, 5) is 22.7. The number of fused-ring (bicyclic) bond motifs is 2. The van der Waals surface area contributed by atoms with Crippen LogP contribution in [0.3, 0.4) is 0 Å². The first-order chi connectivity index (χ1) is 8.58. The molecule has 0 unspecified atom stereocenters. The summed E-state index contributed by atoms with van der Waals surface area (Å²) in [6, 6.07) is 8.15. The Morgan fingerprint density at radius 3 is 2.56 bits per heavy atom. The van der Waals surface area contributed by atoms with Crippen LogP contribution >= 0.6 is 0 Å². The predicted octanol–water partition coefficient (Wildman–Crippen LogP) is 0.144. The van der Waals surface area contributed by atoms with E-state index in [-0.39, 0.29) is 11.0 Å². The van der Waals surface area contributed by atoms with Gasteiger partial charge >= 0.3 is 0 Å². The summed E-state index contributed by atoms with van der Waals surface area (Å²) in [6.45, 7) is 0. The van der Waals surface area contributed by atoms with Gasteiger partial charge in [-0.25, -0.2) is 0 Å². The van der Waals surface area contributed by atoms with Crippen molar-refractivity contribution in [1.82, 2.24) is 0 Å². The van der Waals surface area contributed by atoms with Crippen molar-refractivity contribution in [1.29, 1.82) is 0 Å². The standard InChI is InChI=1S/C14H8O4/c15-11-3-1-2-7-4-8-5-12(16)14(18)13(17)10(8)6-9(7)11/h1-6,15,17H. The smallest absolute Gasteiger partial charge is 0.267 e. The summed E-state index contributed by atoms with van der Waals surface area (Å²) in [5, 5.41) is 21.4. The Morgan fingerprint density at radius 2 is 1.78 bits per heavy atom. The van der Waals surface area contributed by atoms with E-state index < -0.39 is 17.3 Å². The van der Waals surface area contributed by atoms with Crippen molar-refractivity contribution in [3.05, 3.63) is 40.8 Å². The van der Waals surface area contributed by atoms with Crippen molar-refractivity contribution in [2.75, 3.05) is 0 Å². The Bertz CT molecular complexity index is 831. The fourth-order valence-corrected chi connectivity index (χ4v) is 2.10. The van der Waals surface area contributed by atoms with Crippen LogP contribution in [0.1, 0.15) is 0 Å². The lowest BCUT2D eigenvalue weighted by Gasteiger charge is -2.06. The Kier molecular flexibility index (Phi) is 2.01. The minimum atomic E-state index is -0.919. The molecule has 18 heavy (non-hydrogen) atoms. The lowest BCUT2D eigenvalue weighted by atomic mass is 10.00. The molecular weight excluding hydrogens is 232 g/mol. The second-order valence-electron chi connectivity index (χ2n) is 4.12. The summed E-state index contributed by atoms with van der Waals surface area (Å²) < 4.78 is 0. The number of carbonyl (C=O) groups is 2. The SMILES string of the molecule is O=C1C=c2cc3cccc(O)c3cc2=C(O)C1=O. The van der Waals surface area contributed by atoms with Gasteiger partial charge < -0.3 is 10.2 Å². The number of hydrogen-bond acceptors (Lipinski definition) is 4. The molecule has 0 aliphatic heterocycles. The molecule has 2 aromatic rings. The Labute approximate surface area is 101 Å². The number of benzene rings is 2. The molecule has 0 amide bonds. The van der Waals surface area contributed by atoms with E-state index in [2.05, 4.69) is 0 Å². The Hall–Kier alpha value is -2.62. The molecule has 1 aliphatic rings. The number of aliphatic hydroxyl groups excluding tert-OH is 1. The highest BCUT2D eigenvalue weighted by Crippen LogP contribution is 2.21. The molecular formula is C14H8O4. The van der Waals surface area contributed by atoms with Crippen LogP contribution < -0.4 is 10.4 Å².